The molecule has 2 aromatic carbocycles. The standard InChI is InChI=1S/C18H22N2O/c1-13-9-10-17(14(2)11-13)15(3)20-18(21)12-19-16-7-5-4-6-8-16/h4-11,15,19H,12H2,1-3H3,(H,20,21). The van der Waals surface area contributed by atoms with Gasteiger partial charge in [-0.05, 0) is 44.0 Å². The maximum absolute atomic E-state index is 12.0. The molecule has 0 aliphatic carbocycles. The fourth-order valence-electron chi connectivity index (χ4n) is 2.42. The quantitative estimate of drug-likeness (QED) is 0.880. The molecule has 0 bridgehead atoms. The Bertz CT molecular complexity index is 608. The van der Waals surface area contributed by atoms with E-state index in [0.29, 0.717) is 0 Å². The lowest BCUT2D eigenvalue weighted by Gasteiger charge is -2.17. The van der Waals surface area contributed by atoms with Gasteiger partial charge in [-0.25, -0.2) is 0 Å². The van der Waals surface area contributed by atoms with E-state index < -0.39 is 0 Å². The molecule has 2 rings (SSSR count). The van der Waals surface area contributed by atoms with E-state index in [1.165, 1.54) is 11.1 Å². The molecule has 0 aliphatic rings. The number of carbonyl (C=O) groups excluding carboxylic acids is 1. The normalized spacial score (nSPS) is 11.8. The zero-order valence-corrected chi connectivity index (χ0v) is 12.8. The van der Waals surface area contributed by atoms with Crippen LogP contribution >= 0.6 is 0 Å². The molecular weight excluding hydrogens is 260 g/mol. The summed E-state index contributed by atoms with van der Waals surface area (Å²) in [5.41, 5.74) is 4.56. The van der Waals surface area contributed by atoms with Gasteiger partial charge in [0.1, 0.15) is 0 Å². The number of para-hydroxylation sites is 1. The van der Waals surface area contributed by atoms with Gasteiger partial charge >= 0.3 is 0 Å². The van der Waals surface area contributed by atoms with Crippen molar-refractivity contribution in [3.05, 3.63) is 65.2 Å². The lowest BCUT2D eigenvalue weighted by atomic mass is 10.0. The van der Waals surface area contributed by atoms with Gasteiger partial charge in [-0.15, -0.1) is 0 Å². The molecule has 3 nitrogen and oxygen atoms in total. The topological polar surface area (TPSA) is 41.1 Å². The lowest BCUT2D eigenvalue weighted by molar-refractivity contribution is -0.120. The van der Waals surface area contributed by atoms with E-state index in [1.54, 1.807) is 0 Å². The molecule has 0 saturated heterocycles. The molecule has 0 saturated carbocycles. The summed E-state index contributed by atoms with van der Waals surface area (Å²) in [5.74, 6) is -0.00803. The van der Waals surface area contributed by atoms with Crippen LogP contribution in [-0.2, 0) is 4.79 Å². The summed E-state index contributed by atoms with van der Waals surface area (Å²) >= 11 is 0. The Labute approximate surface area is 126 Å². The largest absolute Gasteiger partial charge is 0.376 e. The van der Waals surface area contributed by atoms with Crippen molar-refractivity contribution in [2.75, 3.05) is 11.9 Å². The summed E-state index contributed by atoms with van der Waals surface area (Å²) < 4.78 is 0. The number of anilines is 1. The van der Waals surface area contributed by atoms with Gasteiger partial charge in [-0.1, -0.05) is 42.0 Å². The summed E-state index contributed by atoms with van der Waals surface area (Å²) in [6.45, 7) is 6.44. The van der Waals surface area contributed by atoms with Crippen molar-refractivity contribution < 1.29 is 4.79 Å². The van der Waals surface area contributed by atoms with E-state index >= 15 is 0 Å². The van der Waals surface area contributed by atoms with Crippen molar-refractivity contribution in [3.8, 4) is 0 Å². The van der Waals surface area contributed by atoms with Gasteiger partial charge in [0.15, 0.2) is 0 Å². The summed E-state index contributed by atoms with van der Waals surface area (Å²) in [6, 6.07) is 16.0. The van der Waals surface area contributed by atoms with Crippen LogP contribution in [0.5, 0.6) is 0 Å². The second kappa shape index (κ2) is 6.93. The average Bonchev–Trinajstić information content (AvgIpc) is 2.46. The molecule has 0 heterocycles. The Balaban J connectivity index is 1.90. The second-order valence-electron chi connectivity index (χ2n) is 5.37. The van der Waals surface area contributed by atoms with Crippen LogP contribution in [0.3, 0.4) is 0 Å². The van der Waals surface area contributed by atoms with Crippen molar-refractivity contribution in [3.63, 3.8) is 0 Å². The fraction of sp³-hybridized carbons (Fsp3) is 0.278. The number of carbonyl (C=O) groups is 1. The third-order valence-corrected chi connectivity index (χ3v) is 3.50. The lowest BCUT2D eigenvalue weighted by Crippen LogP contribution is -2.32. The molecule has 0 aliphatic heterocycles. The van der Waals surface area contributed by atoms with Crippen LogP contribution < -0.4 is 10.6 Å². The SMILES string of the molecule is Cc1ccc(C(C)NC(=O)CNc2ccccc2)c(C)c1. The van der Waals surface area contributed by atoms with Gasteiger partial charge in [0, 0.05) is 5.69 Å². The molecule has 0 radical (unpaired) electrons. The van der Waals surface area contributed by atoms with Crippen LogP contribution in [0.2, 0.25) is 0 Å². The van der Waals surface area contributed by atoms with E-state index in [2.05, 4.69) is 42.7 Å². The van der Waals surface area contributed by atoms with Crippen LogP contribution in [0.1, 0.15) is 29.7 Å². The maximum atomic E-state index is 12.0. The highest BCUT2D eigenvalue weighted by atomic mass is 16.1. The Morgan fingerprint density at radius 2 is 1.81 bits per heavy atom. The van der Waals surface area contributed by atoms with Gasteiger partial charge in [0.05, 0.1) is 12.6 Å². The van der Waals surface area contributed by atoms with Crippen molar-refractivity contribution in [2.24, 2.45) is 0 Å². The Morgan fingerprint density at radius 1 is 1.10 bits per heavy atom. The first-order valence-electron chi connectivity index (χ1n) is 7.21. The van der Waals surface area contributed by atoms with Crippen LogP contribution in [0.4, 0.5) is 5.69 Å². The maximum Gasteiger partial charge on any atom is 0.239 e. The smallest absolute Gasteiger partial charge is 0.239 e. The predicted octanol–water partition coefficient (Wildman–Crippen LogP) is 3.59. The van der Waals surface area contributed by atoms with E-state index in [-0.39, 0.29) is 18.5 Å². The summed E-state index contributed by atoms with van der Waals surface area (Å²) in [4.78, 5) is 12.0. The minimum absolute atomic E-state index is 0.00803. The number of rotatable bonds is 5. The van der Waals surface area contributed by atoms with Crippen molar-refractivity contribution >= 4 is 11.6 Å². The number of benzene rings is 2. The molecule has 0 fully saturated rings. The molecule has 1 unspecified atom stereocenters. The van der Waals surface area contributed by atoms with Crippen LogP contribution in [0, 0.1) is 13.8 Å². The van der Waals surface area contributed by atoms with E-state index in [0.717, 1.165) is 11.3 Å². The zero-order chi connectivity index (χ0) is 15.2. The van der Waals surface area contributed by atoms with Crippen molar-refractivity contribution in [2.45, 2.75) is 26.8 Å². The minimum atomic E-state index is -0.00803. The molecule has 2 aromatic rings. The molecule has 2 N–H and O–H groups in total. The number of hydrogen-bond acceptors (Lipinski definition) is 2. The number of amides is 1. The van der Waals surface area contributed by atoms with Crippen molar-refractivity contribution in [1.29, 1.82) is 0 Å². The highest BCUT2D eigenvalue weighted by Crippen LogP contribution is 2.18. The third kappa shape index (κ3) is 4.35. The molecule has 3 heteroatoms. The van der Waals surface area contributed by atoms with Crippen molar-refractivity contribution in [1.82, 2.24) is 5.32 Å². The fourth-order valence-corrected chi connectivity index (χ4v) is 2.42. The summed E-state index contributed by atoms with van der Waals surface area (Å²) in [7, 11) is 0. The van der Waals surface area contributed by atoms with Crippen LogP contribution in [-0.4, -0.2) is 12.5 Å². The molecule has 21 heavy (non-hydrogen) atoms. The molecule has 0 aromatic heterocycles. The first-order chi connectivity index (χ1) is 10.1. The predicted molar refractivity (Wildman–Crippen MR) is 87.4 cm³/mol. The number of hydrogen-bond donors (Lipinski definition) is 2. The first-order valence-corrected chi connectivity index (χ1v) is 7.21. The third-order valence-electron chi connectivity index (χ3n) is 3.50. The minimum Gasteiger partial charge on any atom is -0.376 e. The van der Waals surface area contributed by atoms with Gasteiger partial charge in [-0.3, -0.25) is 4.79 Å². The van der Waals surface area contributed by atoms with E-state index in [1.807, 2.05) is 37.3 Å². The molecule has 110 valence electrons. The van der Waals surface area contributed by atoms with Gasteiger partial charge in [-0.2, -0.15) is 0 Å². The highest BCUT2D eigenvalue weighted by Gasteiger charge is 2.11. The number of nitrogens with one attached hydrogen (secondary N) is 2. The molecule has 1 amide bonds. The molecule has 1 atom stereocenters. The first kappa shape index (κ1) is 15.1. The Hall–Kier alpha value is -2.29. The van der Waals surface area contributed by atoms with Gasteiger partial charge in [0.25, 0.3) is 0 Å². The zero-order valence-electron chi connectivity index (χ0n) is 12.8. The second-order valence-corrected chi connectivity index (χ2v) is 5.37. The monoisotopic (exact) mass is 282 g/mol. The average molecular weight is 282 g/mol. The van der Waals surface area contributed by atoms with Crippen LogP contribution in [0.25, 0.3) is 0 Å². The summed E-state index contributed by atoms with van der Waals surface area (Å²) in [6.07, 6.45) is 0. The van der Waals surface area contributed by atoms with Gasteiger partial charge < -0.3 is 10.6 Å². The van der Waals surface area contributed by atoms with Crippen LogP contribution in [0.15, 0.2) is 48.5 Å². The van der Waals surface area contributed by atoms with E-state index in [4.69, 9.17) is 0 Å². The molecular formula is C18H22N2O. The Morgan fingerprint density at radius 3 is 2.48 bits per heavy atom. The Kier molecular flexibility index (Phi) is 4.99. The highest BCUT2D eigenvalue weighted by molar-refractivity contribution is 5.81. The molecule has 0 spiro atoms. The number of aryl methyl sites for hydroxylation is 2. The van der Waals surface area contributed by atoms with E-state index in [9.17, 15) is 4.79 Å². The summed E-state index contributed by atoms with van der Waals surface area (Å²) in [5, 5.41) is 6.14. The van der Waals surface area contributed by atoms with Gasteiger partial charge in [0.2, 0.25) is 5.91 Å².